The molecule has 0 atom stereocenters. The predicted octanol–water partition coefficient (Wildman–Crippen LogP) is 1.58. The second-order valence-corrected chi connectivity index (χ2v) is 5.95. The van der Waals surface area contributed by atoms with Crippen molar-refractivity contribution in [2.45, 2.75) is 13.8 Å². The fourth-order valence-corrected chi connectivity index (χ4v) is 2.37. The maximum atomic E-state index is 12.3. The number of rotatable bonds is 5. The van der Waals surface area contributed by atoms with Crippen LogP contribution in [0.5, 0.6) is 0 Å². The number of amides is 1. The standard InChI is InChI=1S/C15H22N2O2/c1-15(2,11-17-8-12(9-17)10-18)14(19)16-13-6-4-3-5-7-13/h3-7,12,18H,8-11H2,1-2H3,(H,16,19). The Labute approximate surface area is 114 Å². The van der Waals surface area contributed by atoms with E-state index in [-0.39, 0.29) is 12.5 Å². The van der Waals surface area contributed by atoms with Gasteiger partial charge in [-0.1, -0.05) is 18.2 Å². The van der Waals surface area contributed by atoms with Gasteiger partial charge in [0.15, 0.2) is 0 Å². The Balaban J connectivity index is 1.87. The van der Waals surface area contributed by atoms with Crippen LogP contribution in [-0.2, 0) is 4.79 Å². The highest BCUT2D eigenvalue weighted by atomic mass is 16.3. The van der Waals surface area contributed by atoms with Crippen LogP contribution >= 0.6 is 0 Å². The average Bonchev–Trinajstić information content (AvgIpc) is 2.34. The smallest absolute Gasteiger partial charge is 0.231 e. The highest BCUT2D eigenvalue weighted by Crippen LogP contribution is 2.24. The number of aliphatic hydroxyl groups excluding tert-OH is 1. The molecule has 1 aliphatic rings. The van der Waals surface area contributed by atoms with Crippen molar-refractivity contribution in [1.29, 1.82) is 0 Å². The van der Waals surface area contributed by atoms with Gasteiger partial charge in [0.2, 0.25) is 5.91 Å². The quantitative estimate of drug-likeness (QED) is 0.847. The number of nitrogens with one attached hydrogen (secondary N) is 1. The summed E-state index contributed by atoms with van der Waals surface area (Å²) in [5.74, 6) is 0.416. The number of nitrogens with zero attached hydrogens (tertiary/aromatic N) is 1. The molecule has 1 heterocycles. The topological polar surface area (TPSA) is 52.6 Å². The third kappa shape index (κ3) is 3.55. The summed E-state index contributed by atoms with van der Waals surface area (Å²) in [6.07, 6.45) is 0. The summed E-state index contributed by atoms with van der Waals surface area (Å²) < 4.78 is 0. The van der Waals surface area contributed by atoms with E-state index in [4.69, 9.17) is 5.11 Å². The van der Waals surface area contributed by atoms with E-state index in [1.807, 2.05) is 44.2 Å². The highest BCUT2D eigenvalue weighted by Gasteiger charge is 2.35. The number of carbonyl (C=O) groups is 1. The molecule has 1 aliphatic heterocycles. The van der Waals surface area contributed by atoms with E-state index in [0.717, 1.165) is 25.3 Å². The van der Waals surface area contributed by atoms with Crippen molar-refractivity contribution in [3.05, 3.63) is 30.3 Å². The molecule has 1 saturated heterocycles. The van der Waals surface area contributed by atoms with Crippen LogP contribution in [-0.4, -0.2) is 42.2 Å². The second kappa shape index (κ2) is 5.72. The number of likely N-dealkylation sites (tertiary alicyclic amines) is 1. The molecule has 4 nitrogen and oxygen atoms in total. The van der Waals surface area contributed by atoms with Crippen molar-refractivity contribution in [2.75, 3.05) is 31.6 Å². The van der Waals surface area contributed by atoms with Gasteiger partial charge in [0.05, 0.1) is 5.41 Å². The van der Waals surface area contributed by atoms with Crippen LogP contribution in [0.2, 0.25) is 0 Å². The molecule has 1 aromatic rings. The van der Waals surface area contributed by atoms with Gasteiger partial charge in [-0.05, 0) is 26.0 Å². The molecule has 19 heavy (non-hydrogen) atoms. The molecule has 0 bridgehead atoms. The summed E-state index contributed by atoms with van der Waals surface area (Å²) >= 11 is 0. The number of hydrogen-bond acceptors (Lipinski definition) is 3. The first kappa shape index (κ1) is 14.0. The molecule has 4 heteroatoms. The molecule has 1 aromatic carbocycles. The zero-order valence-electron chi connectivity index (χ0n) is 11.6. The van der Waals surface area contributed by atoms with Crippen molar-refractivity contribution in [3.63, 3.8) is 0 Å². The second-order valence-electron chi connectivity index (χ2n) is 5.95. The Hall–Kier alpha value is -1.39. The summed E-state index contributed by atoms with van der Waals surface area (Å²) in [7, 11) is 0. The largest absolute Gasteiger partial charge is 0.396 e. The summed E-state index contributed by atoms with van der Waals surface area (Å²) in [4.78, 5) is 14.5. The average molecular weight is 262 g/mol. The van der Waals surface area contributed by atoms with E-state index in [1.54, 1.807) is 0 Å². The molecule has 1 fully saturated rings. The van der Waals surface area contributed by atoms with Crippen LogP contribution in [0.3, 0.4) is 0 Å². The molecule has 0 spiro atoms. The predicted molar refractivity (Wildman–Crippen MR) is 75.9 cm³/mol. The maximum Gasteiger partial charge on any atom is 0.231 e. The summed E-state index contributed by atoms with van der Waals surface area (Å²) in [5.41, 5.74) is 0.397. The molecular formula is C15H22N2O2. The van der Waals surface area contributed by atoms with Gasteiger partial charge in [0.1, 0.15) is 0 Å². The maximum absolute atomic E-state index is 12.3. The molecular weight excluding hydrogens is 240 g/mol. The molecule has 0 aromatic heterocycles. The fourth-order valence-electron chi connectivity index (χ4n) is 2.37. The van der Waals surface area contributed by atoms with E-state index >= 15 is 0 Å². The fraction of sp³-hybridized carbons (Fsp3) is 0.533. The number of benzene rings is 1. The van der Waals surface area contributed by atoms with Gasteiger partial charge in [0, 0.05) is 37.8 Å². The Morgan fingerprint density at radius 2 is 2.00 bits per heavy atom. The number of carbonyl (C=O) groups excluding carboxylic acids is 1. The zero-order chi connectivity index (χ0) is 13.9. The number of para-hydroxylation sites is 1. The lowest BCUT2D eigenvalue weighted by Gasteiger charge is -2.42. The molecule has 2 rings (SSSR count). The molecule has 0 unspecified atom stereocenters. The molecule has 0 saturated carbocycles. The minimum Gasteiger partial charge on any atom is -0.396 e. The lowest BCUT2D eigenvalue weighted by Crippen LogP contribution is -2.53. The Morgan fingerprint density at radius 1 is 1.37 bits per heavy atom. The summed E-state index contributed by atoms with van der Waals surface area (Å²) in [6.45, 7) is 6.65. The van der Waals surface area contributed by atoms with Crippen LogP contribution < -0.4 is 5.32 Å². The normalized spacial score (nSPS) is 17.0. The summed E-state index contributed by atoms with van der Waals surface area (Å²) in [5, 5.41) is 11.9. The van der Waals surface area contributed by atoms with Gasteiger partial charge in [-0.25, -0.2) is 0 Å². The minimum absolute atomic E-state index is 0.0335. The van der Waals surface area contributed by atoms with E-state index < -0.39 is 5.41 Å². The van der Waals surface area contributed by atoms with Gasteiger partial charge >= 0.3 is 0 Å². The SMILES string of the molecule is CC(C)(CN1CC(CO)C1)C(=O)Nc1ccccc1. The molecule has 0 aliphatic carbocycles. The molecule has 2 N–H and O–H groups in total. The van der Waals surface area contributed by atoms with Gasteiger partial charge in [-0.2, -0.15) is 0 Å². The monoisotopic (exact) mass is 262 g/mol. The van der Waals surface area contributed by atoms with Crippen LogP contribution in [0.25, 0.3) is 0 Å². The summed E-state index contributed by atoms with van der Waals surface area (Å²) in [6, 6.07) is 9.52. The van der Waals surface area contributed by atoms with Crippen LogP contribution in [0, 0.1) is 11.3 Å². The third-order valence-electron chi connectivity index (χ3n) is 3.56. The lowest BCUT2D eigenvalue weighted by atomic mass is 9.88. The van der Waals surface area contributed by atoms with Crippen molar-refractivity contribution in [1.82, 2.24) is 4.90 Å². The van der Waals surface area contributed by atoms with Gasteiger partial charge in [0.25, 0.3) is 0 Å². The van der Waals surface area contributed by atoms with Gasteiger partial charge in [-0.15, -0.1) is 0 Å². The Bertz CT molecular complexity index is 425. The number of aliphatic hydroxyl groups is 1. The first-order valence-corrected chi connectivity index (χ1v) is 6.71. The van der Waals surface area contributed by atoms with Crippen molar-refractivity contribution in [2.24, 2.45) is 11.3 Å². The first-order valence-electron chi connectivity index (χ1n) is 6.71. The zero-order valence-corrected chi connectivity index (χ0v) is 11.6. The Kier molecular flexibility index (Phi) is 4.22. The van der Waals surface area contributed by atoms with E-state index in [1.165, 1.54) is 0 Å². The van der Waals surface area contributed by atoms with Crippen LogP contribution in [0.4, 0.5) is 5.69 Å². The van der Waals surface area contributed by atoms with E-state index in [9.17, 15) is 4.79 Å². The molecule has 0 radical (unpaired) electrons. The molecule has 104 valence electrons. The third-order valence-corrected chi connectivity index (χ3v) is 3.56. The number of anilines is 1. The van der Waals surface area contributed by atoms with Crippen molar-refractivity contribution >= 4 is 11.6 Å². The van der Waals surface area contributed by atoms with Gasteiger partial charge < -0.3 is 15.3 Å². The van der Waals surface area contributed by atoms with Crippen molar-refractivity contribution < 1.29 is 9.90 Å². The highest BCUT2D eigenvalue weighted by molar-refractivity contribution is 5.94. The number of hydrogen-bond donors (Lipinski definition) is 2. The Morgan fingerprint density at radius 3 is 2.58 bits per heavy atom. The van der Waals surface area contributed by atoms with Crippen LogP contribution in [0.15, 0.2) is 30.3 Å². The van der Waals surface area contributed by atoms with E-state index in [0.29, 0.717) is 5.92 Å². The molecule has 1 amide bonds. The first-order chi connectivity index (χ1) is 9.01. The minimum atomic E-state index is -0.434. The van der Waals surface area contributed by atoms with Crippen molar-refractivity contribution in [3.8, 4) is 0 Å². The lowest BCUT2D eigenvalue weighted by molar-refractivity contribution is -0.126. The van der Waals surface area contributed by atoms with Gasteiger partial charge in [-0.3, -0.25) is 4.79 Å². The van der Waals surface area contributed by atoms with E-state index in [2.05, 4.69) is 10.2 Å². The van der Waals surface area contributed by atoms with Crippen LogP contribution in [0.1, 0.15) is 13.8 Å².